The lowest BCUT2D eigenvalue weighted by Gasteiger charge is -2.22. The highest BCUT2D eigenvalue weighted by Gasteiger charge is 2.43. The molecule has 0 saturated heterocycles. The van der Waals surface area contributed by atoms with Gasteiger partial charge in [-0.05, 0) is 32.2 Å². The van der Waals surface area contributed by atoms with Gasteiger partial charge in [-0.3, -0.25) is 0 Å². The minimum atomic E-state index is 0.0814. The first-order valence-corrected chi connectivity index (χ1v) is 5.07. The average molecular weight is 191 g/mol. The Morgan fingerprint density at radius 2 is 2.07 bits per heavy atom. The molecule has 1 saturated carbocycles. The zero-order valence-corrected chi connectivity index (χ0v) is 8.95. The average Bonchev–Trinajstić information content (AvgIpc) is 2.85. The monoisotopic (exact) mass is 191 g/mol. The summed E-state index contributed by atoms with van der Waals surface area (Å²) >= 11 is 0. The van der Waals surface area contributed by atoms with Crippen LogP contribution in [0.2, 0.25) is 0 Å². The van der Waals surface area contributed by atoms with Crippen molar-refractivity contribution in [2.45, 2.75) is 26.2 Å². The maximum Gasteiger partial charge on any atom is 0.0666 e. The third-order valence-electron chi connectivity index (χ3n) is 2.82. The molecule has 3 nitrogen and oxygen atoms in total. The third-order valence-corrected chi connectivity index (χ3v) is 2.82. The van der Waals surface area contributed by atoms with E-state index in [0.29, 0.717) is 6.42 Å². The first-order chi connectivity index (χ1) is 6.62. The summed E-state index contributed by atoms with van der Waals surface area (Å²) in [5, 5.41) is 17.3. The van der Waals surface area contributed by atoms with Crippen LogP contribution < -0.4 is 0 Å². The van der Waals surface area contributed by atoms with Crippen molar-refractivity contribution >= 4 is 0 Å². The standard InChI is InChI=1S/C11H17N3/c1-10(7-13)8-14(2)9-11(3-4-11)5-6-12/h10H,3-5,8-9H2,1-2H3. The Kier molecular flexibility index (Phi) is 3.49. The second-order valence-electron chi connectivity index (χ2n) is 4.56. The Hall–Kier alpha value is -1.06. The van der Waals surface area contributed by atoms with Gasteiger partial charge in [-0.2, -0.15) is 10.5 Å². The highest BCUT2D eigenvalue weighted by atomic mass is 15.1. The molecule has 0 spiro atoms. The molecule has 14 heavy (non-hydrogen) atoms. The quantitative estimate of drug-likeness (QED) is 0.665. The predicted molar refractivity (Wildman–Crippen MR) is 54.2 cm³/mol. The fraction of sp³-hybridized carbons (Fsp3) is 0.818. The van der Waals surface area contributed by atoms with Crippen molar-refractivity contribution in [2.75, 3.05) is 20.1 Å². The highest BCUT2D eigenvalue weighted by molar-refractivity contribution is 5.01. The van der Waals surface area contributed by atoms with E-state index in [4.69, 9.17) is 10.5 Å². The van der Waals surface area contributed by atoms with E-state index in [2.05, 4.69) is 17.0 Å². The van der Waals surface area contributed by atoms with Crippen LogP contribution in [0, 0.1) is 34.0 Å². The van der Waals surface area contributed by atoms with Gasteiger partial charge in [-0.1, -0.05) is 0 Å². The molecule has 0 N–H and O–H groups in total. The zero-order chi connectivity index (χ0) is 10.6. The van der Waals surface area contributed by atoms with Gasteiger partial charge in [-0.15, -0.1) is 0 Å². The van der Waals surface area contributed by atoms with Gasteiger partial charge in [0.1, 0.15) is 0 Å². The van der Waals surface area contributed by atoms with Gasteiger partial charge in [-0.25, -0.2) is 0 Å². The Balaban J connectivity index is 2.31. The van der Waals surface area contributed by atoms with E-state index in [1.54, 1.807) is 0 Å². The molecule has 0 heterocycles. The lowest BCUT2D eigenvalue weighted by Crippen LogP contribution is -2.30. The smallest absolute Gasteiger partial charge is 0.0666 e. The minimum absolute atomic E-state index is 0.0814. The molecule has 1 unspecified atom stereocenters. The normalized spacial score (nSPS) is 19.8. The summed E-state index contributed by atoms with van der Waals surface area (Å²) in [7, 11) is 2.03. The van der Waals surface area contributed by atoms with E-state index in [1.165, 1.54) is 12.8 Å². The molecular weight excluding hydrogens is 174 g/mol. The molecule has 0 aromatic carbocycles. The Morgan fingerprint density at radius 1 is 1.43 bits per heavy atom. The highest BCUT2D eigenvalue weighted by Crippen LogP contribution is 2.48. The van der Waals surface area contributed by atoms with Gasteiger partial charge in [0, 0.05) is 19.5 Å². The largest absolute Gasteiger partial charge is 0.304 e. The fourth-order valence-electron chi connectivity index (χ4n) is 1.88. The first-order valence-electron chi connectivity index (χ1n) is 5.07. The molecule has 1 rings (SSSR count). The lowest BCUT2D eigenvalue weighted by molar-refractivity contribution is 0.249. The van der Waals surface area contributed by atoms with Crippen molar-refractivity contribution < 1.29 is 0 Å². The van der Waals surface area contributed by atoms with E-state index in [0.717, 1.165) is 13.1 Å². The van der Waals surface area contributed by atoms with Crippen LogP contribution >= 0.6 is 0 Å². The predicted octanol–water partition coefficient (Wildman–Crippen LogP) is 1.77. The second kappa shape index (κ2) is 4.44. The van der Waals surface area contributed by atoms with Gasteiger partial charge < -0.3 is 4.90 Å². The molecule has 0 radical (unpaired) electrons. The number of nitriles is 2. The van der Waals surface area contributed by atoms with E-state index < -0.39 is 0 Å². The summed E-state index contributed by atoms with van der Waals surface area (Å²) in [6.07, 6.45) is 3.01. The SMILES string of the molecule is CC(C#N)CN(C)CC1(CC#N)CC1. The van der Waals surface area contributed by atoms with Crippen LogP contribution in [-0.2, 0) is 0 Å². The van der Waals surface area contributed by atoms with Crippen LogP contribution in [0.25, 0.3) is 0 Å². The van der Waals surface area contributed by atoms with Gasteiger partial charge in [0.15, 0.2) is 0 Å². The van der Waals surface area contributed by atoms with Crippen LogP contribution in [0.4, 0.5) is 0 Å². The first kappa shape index (κ1) is 11.0. The summed E-state index contributed by atoms with van der Waals surface area (Å²) in [4.78, 5) is 2.18. The topological polar surface area (TPSA) is 50.8 Å². The van der Waals surface area contributed by atoms with E-state index in [9.17, 15) is 0 Å². The summed E-state index contributed by atoms with van der Waals surface area (Å²) in [6, 6.07) is 4.48. The molecule has 76 valence electrons. The van der Waals surface area contributed by atoms with Crippen molar-refractivity contribution in [2.24, 2.45) is 11.3 Å². The zero-order valence-electron chi connectivity index (χ0n) is 8.95. The van der Waals surface area contributed by atoms with E-state index >= 15 is 0 Å². The maximum absolute atomic E-state index is 8.67. The molecule has 3 heteroatoms. The van der Waals surface area contributed by atoms with Crippen LogP contribution in [0.3, 0.4) is 0 Å². The van der Waals surface area contributed by atoms with Crippen LogP contribution in [0.5, 0.6) is 0 Å². The van der Waals surface area contributed by atoms with Gasteiger partial charge in [0.05, 0.1) is 18.1 Å². The molecule has 0 amide bonds. The van der Waals surface area contributed by atoms with Crippen molar-refractivity contribution in [3.05, 3.63) is 0 Å². The molecule has 1 aliphatic rings. The minimum Gasteiger partial charge on any atom is -0.304 e. The number of hydrogen-bond acceptors (Lipinski definition) is 3. The van der Waals surface area contributed by atoms with Crippen molar-refractivity contribution in [3.8, 4) is 12.1 Å². The summed E-state index contributed by atoms with van der Waals surface area (Å²) in [6.45, 7) is 3.70. The Labute approximate surface area is 85.9 Å². The number of nitrogens with zero attached hydrogens (tertiary/aromatic N) is 3. The lowest BCUT2D eigenvalue weighted by atomic mass is 10.0. The Morgan fingerprint density at radius 3 is 2.50 bits per heavy atom. The van der Waals surface area contributed by atoms with Gasteiger partial charge in [0.25, 0.3) is 0 Å². The van der Waals surface area contributed by atoms with Crippen LogP contribution in [0.15, 0.2) is 0 Å². The van der Waals surface area contributed by atoms with Crippen LogP contribution in [0.1, 0.15) is 26.2 Å². The van der Waals surface area contributed by atoms with Crippen molar-refractivity contribution in [1.82, 2.24) is 4.90 Å². The van der Waals surface area contributed by atoms with Crippen molar-refractivity contribution in [1.29, 1.82) is 10.5 Å². The fourth-order valence-corrected chi connectivity index (χ4v) is 1.88. The summed E-state index contributed by atoms with van der Waals surface area (Å²) in [5.41, 5.74) is 0.263. The van der Waals surface area contributed by atoms with E-state index in [-0.39, 0.29) is 11.3 Å². The maximum atomic E-state index is 8.67. The molecule has 1 aliphatic carbocycles. The molecule has 1 fully saturated rings. The molecule has 0 bridgehead atoms. The summed E-state index contributed by atoms with van der Waals surface area (Å²) in [5.74, 6) is 0.0814. The Bertz CT molecular complexity index is 267. The number of rotatable bonds is 5. The molecule has 1 atom stereocenters. The second-order valence-corrected chi connectivity index (χ2v) is 4.56. The van der Waals surface area contributed by atoms with Gasteiger partial charge >= 0.3 is 0 Å². The van der Waals surface area contributed by atoms with Crippen LogP contribution in [-0.4, -0.2) is 25.0 Å². The van der Waals surface area contributed by atoms with E-state index in [1.807, 2.05) is 14.0 Å². The molecule has 0 aromatic heterocycles. The molecule has 0 aromatic rings. The summed E-state index contributed by atoms with van der Waals surface area (Å²) < 4.78 is 0. The third kappa shape index (κ3) is 3.01. The van der Waals surface area contributed by atoms with Crippen molar-refractivity contribution in [3.63, 3.8) is 0 Å². The molecule has 0 aliphatic heterocycles. The molecular formula is C11H17N3. The number of hydrogen-bond donors (Lipinski definition) is 0. The van der Waals surface area contributed by atoms with Gasteiger partial charge in [0.2, 0.25) is 0 Å².